The van der Waals surface area contributed by atoms with Crippen LogP contribution in [0.2, 0.25) is 0 Å². The van der Waals surface area contributed by atoms with Crippen molar-refractivity contribution >= 4 is 17.7 Å². The van der Waals surface area contributed by atoms with Gasteiger partial charge in [0.25, 0.3) is 0 Å². The number of aromatic nitrogens is 1. The van der Waals surface area contributed by atoms with Gasteiger partial charge >= 0.3 is 0 Å². The number of pyridine rings is 1. The van der Waals surface area contributed by atoms with E-state index in [1.54, 1.807) is 24.2 Å². The number of nitrogens with zero attached hydrogens (tertiary/aromatic N) is 2. The Kier molecular flexibility index (Phi) is 5.29. The van der Waals surface area contributed by atoms with E-state index in [1.807, 2.05) is 29.2 Å². The molecular formula is C20H22N2O3S. The molecule has 1 fully saturated rings. The van der Waals surface area contributed by atoms with E-state index in [9.17, 15) is 4.79 Å². The minimum absolute atomic E-state index is 0.123. The zero-order valence-corrected chi connectivity index (χ0v) is 15.4. The summed E-state index contributed by atoms with van der Waals surface area (Å²) in [6.45, 7) is 2.17. The molecule has 1 aromatic heterocycles. The predicted molar refractivity (Wildman–Crippen MR) is 101 cm³/mol. The normalized spacial score (nSPS) is 19.2. The Bertz CT molecular complexity index is 769. The molecular weight excluding hydrogens is 348 g/mol. The summed E-state index contributed by atoms with van der Waals surface area (Å²) in [6, 6.07) is 10.1. The summed E-state index contributed by atoms with van der Waals surface area (Å²) in [7, 11) is 0. The molecule has 1 aromatic carbocycles. The summed E-state index contributed by atoms with van der Waals surface area (Å²) in [5.41, 5.74) is 1.13. The molecule has 0 saturated carbocycles. The van der Waals surface area contributed by atoms with Crippen LogP contribution in [0.1, 0.15) is 30.9 Å². The smallest absolute Gasteiger partial charge is 0.233 e. The molecule has 0 bridgehead atoms. The third kappa shape index (κ3) is 3.80. The van der Waals surface area contributed by atoms with Gasteiger partial charge in [-0.3, -0.25) is 9.78 Å². The molecule has 0 N–H and O–H groups in total. The lowest BCUT2D eigenvalue weighted by atomic mass is 10.0. The van der Waals surface area contributed by atoms with Crippen LogP contribution in [0.15, 0.2) is 47.6 Å². The fourth-order valence-electron chi connectivity index (χ4n) is 3.46. The Labute approximate surface area is 157 Å². The number of amides is 1. The van der Waals surface area contributed by atoms with Crippen molar-refractivity contribution in [1.82, 2.24) is 9.88 Å². The van der Waals surface area contributed by atoms with Gasteiger partial charge in [-0.1, -0.05) is 6.07 Å². The van der Waals surface area contributed by atoms with Crippen molar-refractivity contribution < 1.29 is 14.3 Å². The highest BCUT2D eigenvalue weighted by molar-refractivity contribution is 8.00. The number of carbonyl (C=O) groups is 1. The van der Waals surface area contributed by atoms with E-state index < -0.39 is 0 Å². The molecule has 1 atom stereocenters. The van der Waals surface area contributed by atoms with Crippen LogP contribution in [-0.4, -0.2) is 41.3 Å². The lowest BCUT2D eigenvalue weighted by Gasteiger charge is -2.25. The van der Waals surface area contributed by atoms with Crippen LogP contribution < -0.4 is 9.47 Å². The van der Waals surface area contributed by atoms with Gasteiger partial charge in [0.05, 0.1) is 25.0 Å². The largest absolute Gasteiger partial charge is 0.490 e. The molecule has 2 aliphatic heterocycles. The van der Waals surface area contributed by atoms with Gasteiger partial charge in [-0.2, -0.15) is 0 Å². The number of benzene rings is 1. The molecule has 2 aliphatic rings. The first-order valence-corrected chi connectivity index (χ1v) is 10.0. The maximum absolute atomic E-state index is 12.8. The van der Waals surface area contributed by atoms with E-state index in [-0.39, 0.29) is 11.9 Å². The number of fused-ring (bicyclic) bond motifs is 1. The van der Waals surface area contributed by atoms with Crippen molar-refractivity contribution in [2.45, 2.75) is 30.2 Å². The summed E-state index contributed by atoms with van der Waals surface area (Å²) >= 11 is 1.56. The van der Waals surface area contributed by atoms with E-state index >= 15 is 0 Å². The molecule has 2 aromatic rings. The Hall–Kier alpha value is -2.21. The first kappa shape index (κ1) is 17.2. The van der Waals surface area contributed by atoms with Gasteiger partial charge in [-0.25, -0.2) is 0 Å². The molecule has 1 unspecified atom stereocenters. The number of rotatable bonds is 4. The first-order chi connectivity index (χ1) is 12.8. The topological polar surface area (TPSA) is 51.7 Å². The van der Waals surface area contributed by atoms with Crippen LogP contribution in [0.25, 0.3) is 0 Å². The molecule has 1 saturated heterocycles. The summed E-state index contributed by atoms with van der Waals surface area (Å²) in [5.74, 6) is 2.23. The molecule has 6 heteroatoms. The average molecular weight is 370 g/mol. The highest BCUT2D eigenvalue weighted by Crippen LogP contribution is 2.38. The highest BCUT2D eigenvalue weighted by atomic mass is 32.2. The standard InChI is InChI=1S/C20H22N2O3S/c23-20(14-26-16-6-8-21-9-7-16)22-10-1-3-17(22)15-4-5-18-19(13-15)25-12-2-11-24-18/h4-9,13,17H,1-3,10-12,14H2. The highest BCUT2D eigenvalue weighted by Gasteiger charge is 2.30. The molecule has 3 heterocycles. The maximum atomic E-state index is 12.8. The average Bonchev–Trinajstić information content (AvgIpc) is 3.06. The monoisotopic (exact) mass is 370 g/mol. The second-order valence-corrected chi connectivity index (χ2v) is 7.52. The van der Waals surface area contributed by atoms with Gasteiger partial charge in [0.15, 0.2) is 11.5 Å². The Morgan fingerprint density at radius 2 is 1.92 bits per heavy atom. The second kappa shape index (κ2) is 7.99. The number of carbonyl (C=O) groups excluding carboxylic acids is 1. The zero-order chi connectivity index (χ0) is 17.8. The Morgan fingerprint density at radius 3 is 2.77 bits per heavy atom. The summed E-state index contributed by atoms with van der Waals surface area (Å²) in [4.78, 5) is 19.9. The van der Waals surface area contributed by atoms with Crippen molar-refractivity contribution in [2.75, 3.05) is 25.5 Å². The van der Waals surface area contributed by atoms with E-state index in [2.05, 4.69) is 11.1 Å². The van der Waals surface area contributed by atoms with Crippen LogP contribution in [0.3, 0.4) is 0 Å². The maximum Gasteiger partial charge on any atom is 0.233 e. The van der Waals surface area contributed by atoms with Gasteiger partial charge in [0, 0.05) is 30.3 Å². The predicted octanol–water partition coefficient (Wildman–Crippen LogP) is 3.70. The number of likely N-dealkylation sites (tertiary alicyclic amines) is 1. The molecule has 136 valence electrons. The van der Waals surface area contributed by atoms with E-state index in [0.717, 1.165) is 47.8 Å². The SMILES string of the molecule is O=C(CSc1ccncc1)N1CCCC1c1ccc2c(c1)OCCCO2. The summed E-state index contributed by atoms with van der Waals surface area (Å²) < 4.78 is 11.5. The number of hydrogen-bond donors (Lipinski definition) is 0. The van der Waals surface area contributed by atoms with Crippen molar-refractivity contribution in [1.29, 1.82) is 0 Å². The Morgan fingerprint density at radius 1 is 1.12 bits per heavy atom. The van der Waals surface area contributed by atoms with Crippen LogP contribution in [0.5, 0.6) is 11.5 Å². The molecule has 5 nitrogen and oxygen atoms in total. The lowest BCUT2D eigenvalue weighted by Crippen LogP contribution is -2.32. The molecule has 4 rings (SSSR count). The zero-order valence-electron chi connectivity index (χ0n) is 14.6. The molecule has 1 amide bonds. The number of hydrogen-bond acceptors (Lipinski definition) is 5. The van der Waals surface area contributed by atoms with Gasteiger partial charge in [0.2, 0.25) is 5.91 Å². The van der Waals surface area contributed by atoms with Crippen molar-refractivity contribution in [3.05, 3.63) is 48.3 Å². The minimum atomic E-state index is 0.123. The van der Waals surface area contributed by atoms with Gasteiger partial charge in [0.1, 0.15) is 0 Å². The van der Waals surface area contributed by atoms with Gasteiger partial charge in [-0.15, -0.1) is 11.8 Å². The van der Waals surface area contributed by atoms with Gasteiger partial charge < -0.3 is 14.4 Å². The van der Waals surface area contributed by atoms with Crippen molar-refractivity contribution in [3.8, 4) is 11.5 Å². The first-order valence-electron chi connectivity index (χ1n) is 9.03. The molecule has 0 radical (unpaired) electrons. The van der Waals surface area contributed by atoms with Crippen LogP contribution in [0, 0.1) is 0 Å². The third-order valence-electron chi connectivity index (χ3n) is 4.74. The van der Waals surface area contributed by atoms with E-state index in [4.69, 9.17) is 9.47 Å². The Balaban J connectivity index is 1.46. The van der Waals surface area contributed by atoms with Crippen LogP contribution >= 0.6 is 11.8 Å². The third-order valence-corrected chi connectivity index (χ3v) is 5.74. The van der Waals surface area contributed by atoms with Crippen molar-refractivity contribution in [2.24, 2.45) is 0 Å². The van der Waals surface area contributed by atoms with Gasteiger partial charge in [-0.05, 0) is 42.7 Å². The fourth-order valence-corrected chi connectivity index (χ4v) is 4.23. The summed E-state index contributed by atoms with van der Waals surface area (Å²) in [5, 5.41) is 0. The molecule has 0 spiro atoms. The molecule has 0 aliphatic carbocycles. The number of thioether (sulfide) groups is 1. The summed E-state index contributed by atoms with van der Waals surface area (Å²) in [6.07, 6.45) is 6.42. The lowest BCUT2D eigenvalue weighted by molar-refractivity contribution is -0.129. The van der Waals surface area contributed by atoms with Crippen LogP contribution in [-0.2, 0) is 4.79 Å². The molecule has 26 heavy (non-hydrogen) atoms. The second-order valence-electron chi connectivity index (χ2n) is 6.47. The quantitative estimate of drug-likeness (QED) is 0.768. The van der Waals surface area contributed by atoms with E-state index in [0.29, 0.717) is 19.0 Å². The van der Waals surface area contributed by atoms with Crippen molar-refractivity contribution in [3.63, 3.8) is 0 Å². The number of ether oxygens (including phenoxy) is 2. The fraction of sp³-hybridized carbons (Fsp3) is 0.400. The minimum Gasteiger partial charge on any atom is -0.490 e. The van der Waals surface area contributed by atoms with Crippen LogP contribution in [0.4, 0.5) is 0 Å². The van der Waals surface area contributed by atoms with E-state index in [1.165, 1.54) is 0 Å².